The van der Waals surface area contributed by atoms with Crippen molar-refractivity contribution in [1.82, 2.24) is 9.88 Å². The van der Waals surface area contributed by atoms with Gasteiger partial charge in [0.1, 0.15) is 5.52 Å². The predicted molar refractivity (Wildman–Crippen MR) is 83.4 cm³/mol. The van der Waals surface area contributed by atoms with Gasteiger partial charge in [-0.2, -0.15) is 0 Å². The van der Waals surface area contributed by atoms with Gasteiger partial charge in [0.2, 0.25) is 0 Å². The number of nitrogens with one attached hydrogen (secondary N) is 1. The highest BCUT2D eigenvalue weighted by atomic mass is 35.5. The number of benzene rings is 1. The summed E-state index contributed by atoms with van der Waals surface area (Å²) in [5.74, 6) is 0. The lowest BCUT2D eigenvalue weighted by molar-refractivity contribution is 0.274. The maximum atomic E-state index is 6.33. The first kappa shape index (κ1) is 13.2. The van der Waals surface area contributed by atoms with Gasteiger partial charge in [-0.05, 0) is 32.4 Å². The van der Waals surface area contributed by atoms with E-state index in [1.54, 1.807) is 11.3 Å². The van der Waals surface area contributed by atoms with Crippen LogP contribution in [0.3, 0.4) is 0 Å². The molecule has 1 unspecified atom stereocenters. The minimum absolute atomic E-state index is 0.465. The molecule has 0 bridgehead atoms. The molecule has 102 valence electrons. The lowest BCUT2D eigenvalue weighted by atomic mass is 10.2. The highest BCUT2D eigenvalue weighted by molar-refractivity contribution is 7.16. The molecule has 1 aromatic heterocycles. The number of rotatable bonds is 3. The third kappa shape index (κ3) is 2.57. The largest absolute Gasteiger partial charge is 0.378 e. The zero-order valence-corrected chi connectivity index (χ0v) is 12.8. The van der Waals surface area contributed by atoms with Crippen molar-refractivity contribution in [3.05, 3.63) is 22.7 Å². The maximum absolute atomic E-state index is 6.33. The molecule has 0 radical (unpaired) electrons. The van der Waals surface area contributed by atoms with Crippen LogP contribution in [0.2, 0.25) is 5.02 Å². The number of aromatic nitrogens is 1. The quantitative estimate of drug-likeness (QED) is 0.932. The van der Waals surface area contributed by atoms with Crippen LogP contribution < -0.4 is 5.32 Å². The van der Waals surface area contributed by atoms with Gasteiger partial charge in [0, 0.05) is 25.2 Å². The third-order valence-corrected chi connectivity index (χ3v) is 4.86. The highest BCUT2D eigenvalue weighted by Gasteiger charge is 2.25. The summed E-state index contributed by atoms with van der Waals surface area (Å²) in [6.07, 6.45) is 1.16. The number of hydrogen-bond donors (Lipinski definition) is 1. The summed E-state index contributed by atoms with van der Waals surface area (Å²) < 4.78 is 1.19. The van der Waals surface area contributed by atoms with Crippen LogP contribution in [-0.4, -0.2) is 35.1 Å². The number of nitrogens with zero attached hydrogens (tertiary/aromatic N) is 2. The molecule has 2 aromatic rings. The van der Waals surface area contributed by atoms with Gasteiger partial charge < -0.3 is 5.32 Å². The summed E-state index contributed by atoms with van der Waals surface area (Å²) in [5.41, 5.74) is 3.87. The van der Waals surface area contributed by atoms with E-state index >= 15 is 0 Å². The Morgan fingerprint density at radius 3 is 3.05 bits per heavy atom. The zero-order chi connectivity index (χ0) is 13.4. The topological polar surface area (TPSA) is 28.2 Å². The molecule has 0 spiro atoms. The first-order chi connectivity index (χ1) is 9.15. The molecule has 0 amide bonds. The summed E-state index contributed by atoms with van der Waals surface area (Å²) in [5, 5.41) is 4.36. The molecule has 5 heteroatoms. The molecule has 1 atom stereocenters. The molecule has 1 fully saturated rings. The van der Waals surface area contributed by atoms with Gasteiger partial charge in [0.05, 0.1) is 20.9 Å². The number of fused-ring (bicyclic) bond motifs is 1. The van der Waals surface area contributed by atoms with E-state index in [4.69, 9.17) is 11.6 Å². The van der Waals surface area contributed by atoms with E-state index in [1.165, 1.54) is 4.70 Å². The normalized spacial score (nSPS) is 20.5. The van der Waals surface area contributed by atoms with Crippen molar-refractivity contribution in [2.45, 2.75) is 32.4 Å². The second kappa shape index (κ2) is 5.27. The Kier molecular flexibility index (Phi) is 3.65. The molecule has 1 aliphatic rings. The summed E-state index contributed by atoms with van der Waals surface area (Å²) in [4.78, 5) is 6.93. The van der Waals surface area contributed by atoms with E-state index in [1.807, 2.05) is 17.6 Å². The van der Waals surface area contributed by atoms with Gasteiger partial charge in [0.25, 0.3) is 0 Å². The monoisotopic (exact) mass is 295 g/mol. The summed E-state index contributed by atoms with van der Waals surface area (Å²) in [6.45, 7) is 6.72. The van der Waals surface area contributed by atoms with E-state index in [2.05, 4.69) is 29.0 Å². The van der Waals surface area contributed by atoms with Crippen molar-refractivity contribution < 1.29 is 0 Å². The Bertz CT molecular complexity index is 581. The maximum Gasteiger partial charge on any atom is 0.106 e. The first-order valence-corrected chi connectivity index (χ1v) is 7.93. The van der Waals surface area contributed by atoms with Crippen molar-refractivity contribution in [3.63, 3.8) is 0 Å². The Balaban J connectivity index is 1.82. The molecule has 3 rings (SSSR count). The fraction of sp³-hybridized carbons (Fsp3) is 0.500. The van der Waals surface area contributed by atoms with Crippen molar-refractivity contribution in [2.75, 3.05) is 18.4 Å². The second-order valence-electron chi connectivity index (χ2n) is 5.34. The lowest BCUT2D eigenvalue weighted by Gasteiger charge is -2.21. The molecule has 1 N–H and O–H groups in total. The average molecular weight is 296 g/mol. The lowest BCUT2D eigenvalue weighted by Crippen LogP contribution is -2.31. The van der Waals surface area contributed by atoms with Gasteiger partial charge in [-0.1, -0.05) is 11.6 Å². The molecule has 0 aliphatic carbocycles. The van der Waals surface area contributed by atoms with Crippen LogP contribution in [0.15, 0.2) is 17.6 Å². The molecular formula is C14H18ClN3S. The Labute approximate surface area is 122 Å². The average Bonchev–Trinajstić information content (AvgIpc) is 3.01. The second-order valence-corrected chi connectivity index (χ2v) is 6.63. The van der Waals surface area contributed by atoms with Crippen LogP contribution in [0, 0.1) is 0 Å². The predicted octanol–water partition coefficient (Wildman–Crippen LogP) is 3.84. The van der Waals surface area contributed by atoms with Crippen LogP contribution in [-0.2, 0) is 0 Å². The minimum atomic E-state index is 0.465. The van der Waals surface area contributed by atoms with E-state index in [0.717, 1.165) is 35.7 Å². The number of likely N-dealkylation sites (tertiary alicyclic amines) is 1. The fourth-order valence-corrected chi connectivity index (χ4v) is 3.51. The van der Waals surface area contributed by atoms with E-state index < -0.39 is 0 Å². The molecule has 2 heterocycles. The molecule has 19 heavy (non-hydrogen) atoms. The van der Waals surface area contributed by atoms with Crippen LogP contribution in [0.1, 0.15) is 20.3 Å². The van der Waals surface area contributed by atoms with Gasteiger partial charge in [-0.15, -0.1) is 11.3 Å². The van der Waals surface area contributed by atoms with Gasteiger partial charge in [-0.3, -0.25) is 4.90 Å². The number of halogens is 1. The summed E-state index contributed by atoms with van der Waals surface area (Å²) in [6, 6.07) is 5.07. The Morgan fingerprint density at radius 1 is 1.47 bits per heavy atom. The minimum Gasteiger partial charge on any atom is -0.378 e. The number of thiazole rings is 1. The molecule has 1 saturated heterocycles. The van der Waals surface area contributed by atoms with Gasteiger partial charge in [0.15, 0.2) is 0 Å². The SMILES string of the molecule is CC(C)N1CCC(Nc2c(Cl)ccc3scnc23)C1. The standard InChI is InChI=1S/C14H18ClN3S/c1-9(2)18-6-5-10(7-18)17-13-11(15)3-4-12-14(13)16-8-19-12/h3-4,8-10,17H,5-7H2,1-2H3. The Morgan fingerprint density at radius 2 is 2.32 bits per heavy atom. The van der Waals surface area contributed by atoms with E-state index in [-0.39, 0.29) is 0 Å². The molecular weight excluding hydrogens is 278 g/mol. The van der Waals surface area contributed by atoms with Gasteiger partial charge in [-0.25, -0.2) is 4.98 Å². The zero-order valence-electron chi connectivity index (χ0n) is 11.2. The summed E-state index contributed by atoms with van der Waals surface area (Å²) >= 11 is 7.98. The van der Waals surface area contributed by atoms with Crippen LogP contribution >= 0.6 is 22.9 Å². The third-order valence-electron chi connectivity index (χ3n) is 3.75. The number of hydrogen-bond acceptors (Lipinski definition) is 4. The van der Waals surface area contributed by atoms with E-state index in [9.17, 15) is 0 Å². The van der Waals surface area contributed by atoms with Crippen LogP contribution in [0.4, 0.5) is 5.69 Å². The van der Waals surface area contributed by atoms with Gasteiger partial charge >= 0.3 is 0 Å². The molecule has 1 aromatic carbocycles. The van der Waals surface area contributed by atoms with E-state index in [0.29, 0.717) is 12.1 Å². The van der Waals surface area contributed by atoms with Crippen LogP contribution in [0.25, 0.3) is 10.2 Å². The molecule has 1 aliphatic heterocycles. The Hall–Kier alpha value is -0.840. The first-order valence-electron chi connectivity index (χ1n) is 6.67. The highest BCUT2D eigenvalue weighted by Crippen LogP contribution is 2.33. The van der Waals surface area contributed by atoms with Crippen molar-refractivity contribution >= 4 is 38.8 Å². The smallest absolute Gasteiger partial charge is 0.106 e. The van der Waals surface area contributed by atoms with Crippen molar-refractivity contribution in [3.8, 4) is 0 Å². The molecule has 3 nitrogen and oxygen atoms in total. The molecule has 0 saturated carbocycles. The fourth-order valence-electron chi connectivity index (χ4n) is 2.62. The van der Waals surface area contributed by atoms with Crippen molar-refractivity contribution in [2.24, 2.45) is 0 Å². The van der Waals surface area contributed by atoms with Crippen LogP contribution in [0.5, 0.6) is 0 Å². The van der Waals surface area contributed by atoms with Crippen molar-refractivity contribution in [1.29, 1.82) is 0 Å². The summed E-state index contributed by atoms with van der Waals surface area (Å²) in [7, 11) is 0. The number of anilines is 1.